The van der Waals surface area contributed by atoms with E-state index in [1.807, 2.05) is 13.8 Å². The average Bonchev–Trinajstić information content (AvgIpc) is 2.32. The van der Waals surface area contributed by atoms with E-state index in [2.05, 4.69) is 36.2 Å². The first-order valence-electron chi connectivity index (χ1n) is 5.35. The van der Waals surface area contributed by atoms with Crippen molar-refractivity contribution in [2.45, 2.75) is 19.4 Å². The summed E-state index contributed by atoms with van der Waals surface area (Å²) in [6.07, 6.45) is 4.51. The molecule has 0 aliphatic heterocycles. The highest BCUT2D eigenvalue weighted by atomic mass is 79.9. The van der Waals surface area contributed by atoms with Gasteiger partial charge in [-0.15, -0.1) is 0 Å². The average molecular weight is 311 g/mol. The summed E-state index contributed by atoms with van der Waals surface area (Å²) in [4.78, 5) is 12.3. The first kappa shape index (κ1) is 12.9. The van der Waals surface area contributed by atoms with Crippen molar-refractivity contribution in [2.24, 2.45) is 0 Å². The van der Waals surface area contributed by atoms with Gasteiger partial charge in [0.25, 0.3) is 0 Å². The van der Waals surface area contributed by atoms with E-state index in [4.69, 9.17) is 0 Å². The van der Waals surface area contributed by atoms with E-state index in [1.165, 1.54) is 12.3 Å². The molecule has 2 heterocycles. The molecule has 0 radical (unpaired) electrons. The third-order valence-corrected chi connectivity index (χ3v) is 2.82. The lowest BCUT2D eigenvalue weighted by Gasteiger charge is -2.25. The molecule has 0 spiro atoms. The molecule has 0 unspecified atom stereocenters. The van der Waals surface area contributed by atoms with Gasteiger partial charge in [0.2, 0.25) is 5.95 Å². The fraction of sp³-hybridized carbons (Fsp3) is 0.250. The van der Waals surface area contributed by atoms with Gasteiger partial charge in [0.1, 0.15) is 5.82 Å². The molecule has 2 aromatic rings. The molecule has 6 heteroatoms. The Hall–Kier alpha value is -1.56. The van der Waals surface area contributed by atoms with Gasteiger partial charge in [0, 0.05) is 12.4 Å². The Kier molecular flexibility index (Phi) is 3.56. The molecule has 0 aliphatic rings. The Balaban J connectivity index is 2.20. The predicted octanol–water partition coefficient (Wildman–Crippen LogP) is 3.12. The first-order valence-corrected chi connectivity index (χ1v) is 6.14. The summed E-state index contributed by atoms with van der Waals surface area (Å²) in [5.74, 6) is 0.142. The Morgan fingerprint density at radius 1 is 1.11 bits per heavy atom. The van der Waals surface area contributed by atoms with E-state index >= 15 is 0 Å². The zero-order valence-electron chi connectivity index (χ0n) is 9.98. The summed E-state index contributed by atoms with van der Waals surface area (Å²) in [5.41, 5.74) is 0.233. The molecule has 94 valence electrons. The smallest absolute Gasteiger partial charge is 0.223 e. The van der Waals surface area contributed by atoms with E-state index in [0.29, 0.717) is 5.95 Å². The highest BCUT2D eigenvalue weighted by Gasteiger charge is 2.22. The second-order valence-corrected chi connectivity index (χ2v) is 5.25. The largest absolute Gasteiger partial charge is 0.344 e. The van der Waals surface area contributed by atoms with Crippen LogP contribution in [-0.2, 0) is 5.54 Å². The summed E-state index contributed by atoms with van der Waals surface area (Å²) in [6, 6.07) is 3.02. The van der Waals surface area contributed by atoms with Gasteiger partial charge in [-0.2, -0.15) is 0 Å². The SMILES string of the molecule is CC(C)(Nc1ncc(Br)cn1)c1ccc(F)cn1. The van der Waals surface area contributed by atoms with Crippen LogP contribution >= 0.6 is 15.9 Å². The van der Waals surface area contributed by atoms with Crippen LogP contribution in [0.2, 0.25) is 0 Å². The van der Waals surface area contributed by atoms with Gasteiger partial charge in [0.15, 0.2) is 0 Å². The molecule has 0 saturated carbocycles. The van der Waals surface area contributed by atoms with Crippen molar-refractivity contribution in [1.82, 2.24) is 15.0 Å². The lowest BCUT2D eigenvalue weighted by atomic mass is 10.0. The number of rotatable bonds is 3. The fourth-order valence-corrected chi connectivity index (χ4v) is 1.67. The maximum atomic E-state index is 12.8. The van der Waals surface area contributed by atoms with Crippen LogP contribution in [0.15, 0.2) is 35.2 Å². The number of pyridine rings is 1. The second kappa shape index (κ2) is 4.97. The molecule has 0 atom stereocenters. The van der Waals surface area contributed by atoms with E-state index < -0.39 is 5.54 Å². The number of hydrogen-bond acceptors (Lipinski definition) is 4. The Morgan fingerprint density at radius 2 is 1.78 bits per heavy atom. The van der Waals surface area contributed by atoms with Gasteiger partial charge in [-0.3, -0.25) is 4.98 Å². The molecule has 2 rings (SSSR count). The third-order valence-electron chi connectivity index (χ3n) is 2.41. The van der Waals surface area contributed by atoms with Crippen molar-refractivity contribution in [1.29, 1.82) is 0 Å². The number of halogens is 2. The summed E-state index contributed by atoms with van der Waals surface area (Å²) >= 11 is 3.27. The number of nitrogens with one attached hydrogen (secondary N) is 1. The van der Waals surface area contributed by atoms with Crippen molar-refractivity contribution in [3.05, 3.63) is 46.7 Å². The van der Waals surface area contributed by atoms with Gasteiger partial charge in [0.05, 0.1) is 21.9 Å². The highest BCUT2D eigenvalue weighted by molar-refractivity contribution is 9.10. The van der Waals surface area contributed by atoms with E-state index in [9.17, 15) is 4.39 Å². The monoisotopic (exact) mass is 310 g/mol. The summed E-state index contributed by atoms with van der Waals surface area (Å²) in [5, 5.41) is 3.15. The lowest BCUT2D eigenvalue weighted by molar-refractivity contribution is 0.567. The van der Waals surface area contributed by atoms with Crippen LogP contribution in [0.5, 0.6) is 0 Å². The maximum absolute atomic E-state index is 12.8. The zero-order valence-corrected chi connectivity index (χ0v) is 11.6. The number of nitrogens with zero attached hydrogens (tertiary/aromatic N) is 3. The Morgan fingerprint density at radius 3 is 2.33 bits per heavy atom. The van der Waals surface area contributed by atoms with Gasteiger partial charge in [-0.1, -0.05) is 0 Å². The molecule has 4 nitrogen and oxygen atoms in total. The summed E-state index contributed by atoms with van der Waals surface area (Å²) in [6.45, 7) is 3.86. The van der Waals surface area contributed by atoms with Crippen molar-refractivity contribution in [2.75, 3.05) is 5.32 Å². The molecule has 0 saturated heterocycles. The van der Waals surface area contributed by atoms with Crippen LogP contribution in [0.25, 0.3) is 0 Å². The molecular weight excluding hydrogens is 299 g/mol. The third kappa shape index (κ3) is 3.01. The number of aromatic nitrogens is 3. The van der Waals surface area contributed by atoms with E-state index in [0.717, 1.165) is 10.2 Å². The minimum absolute atomic E-state index is 0.352. The van der Waals surface area contributed by atoms with Gasteiger partial charge in [-0.05, 0) is 41.9 Å². The van der Waals surface area contributed by atoms with Crippen molar-refractivity contribution in [3.8, 4) is 0 Å². The number of anilines is 1. The quantitative estimate of drug-likeness (QED) is 0.946. The van der Waals surface area contributed by atoms with Crippen LogP contribution < -0.4 is 5.32 Å². The second-order valence-electron chi connectivity index (χ2n) is 4.34. The maximum Gasteiger partial charge on any atom is 0.223 e. The van der Waals surface area contributed by atoms with Crippen molar-refractivity contribution < 1.29 is 4.39 Å². The minimum Gasteiger partial charge on any atom is -0.344 e. The molecule has 0 amide bonds. The summed E-state index contributed by atoms with van der Waals surface area (Å²) in [7, 11) is 0. The molecule has 2 aromatic heterocycles. The van der Waals surface area contributed by atoms with Crippen molar-refractivity contribution >= 4 is 21.9 Å². The lowest BCUT2D eigenvalue weighted by Crippen LogP contribution is -2.30. The molecule has 0 fully saturated rings. The van der Waals surface area contributed by atoms with Crippen LogP contribution in [0.3, 0.4) is 0 Å². The minimum atomic E-state index is -0.485. The molecule has 18 heavy (non-hydrogen) atoms. The van der Waals surface area contributed by atoms with E-state index in [1.54, 1.807) is 18.5 Å². The van der Waals surface area contributed by atoms with Crippen LogP contribution in [0.1, 0.15) is 19.5 Å². The van der Waals surface area contributed by atoms with E-state index in [-0.39, 0.29) is 5.82 Å². The molecule has 0 bridgehead atoms. The molecule has 0 aliphatic carbocycles. The molecule has 1 N–H and O–H groups in total. The zero-order chi connectivity index (χ0) is 13.2. The van der Waals surface area contributed by atoms with Crippen LogP contribution in [0.4, 0.5) is 10.3 Å². The van der Waals surface area contributed by atoms with Gasteiger partial charge < -0.3 is 5.32 Å². The van der Waals surface area contributed by atoms with Crippen LogP contribution in [-0.4, -0.2) is 15.0 Å². The fourth-order valence-electron chi connectivity index (χ4n) is 1.47. The summed E-state index contributed by atoms with van der Waals surface area (Å²) < 4.78 is 13.6. The standard InChI is InChI=1S/C12H12BrFN4/c1-12(2,10-4-3-9(14)7-15-10)18-11-16-5-8(13)6-17-11/h3-7H,1-2H3,(H,16,17,18). The van der Waals surface area contributed by atoms with Crippen molar-refractivity contribution in [3.63, 3.8) is 0 Å². The van der Waals surface area contributed by atoms with Gasteiger partial charge in [-0.25, -0.2) is 14.4 Å². The Bertz CT molecular complexity index is 525. The molecular formula is C12H12BrFN4. The predicted molar refractivity (Wildman–Crippen MR) is 70.6 cm³/mol. The highest BCUT2D eigenvalue weighted by Crippen LogP contribution is 2.22. The van der Waals surface area contributed by atoms with Crippen LogP contribution in [0, 0.1) is 5.82 Å². The molecule has 0 aromatic carbocycles. The first-order chi connectivity index (χ1) is 8.47. The normalized spacial score (nSPS) is 11.3. The Labute approximate surface area is 113 Å². The topological polar surface area (TPSA) is 50.7 Å². The van der Waals surface area contributed by atoms with Gasteiger partial charge >= 0.3 is 0 Å². The number of hydrogen-bond donors (Lipinski definition) is 1.